The van der Waals surface area contributed by atoms with Crippen molar-refractivity contribution in [3.8, 4) is 0 Å². The van der Waals surface area contributed by atoms with Gasteiger partial charge >= 0.3 is 0 Å². The molecule has 1 rings (SSSR count). The van der Waals surface area contributed by atoms with Crippen LogP contribution in [0, 0.1) is 0 Å². The largest absolute Gasteiger partial charge is 0.301 e. The summed E-state index contributed by atoms with van der Waals surface area (Å²) in [6.45, 7) is 0.938. The summed E-state index contributed by atoms with van der Waals surface area (Å²) in [5, 5.41) is 3.10. The first-order chi connectivity index (χ1) is 3.00. The van der Waals surface area contributed by atoms with E-state index < -0.39 is 0 Å². The van der Waals surface area contributed by atoms with Crippen LogP contribution in [0.2, 0.25) is 0 Å². The van der Waals surface area contributed by atoms with E-state index in [1.807, 2.05) is 6.21 Å². The summed E-state index contributed by atoms with van der Waals surface area (Å²) >= 11 is 1.55. The number of nitrogens with zero attached hydrogens (tertiary/aromatic N) is 1. The first-order valence-electron chi connectivity index (χ1n) is 1.84. The van der Waals surface area contributed by atoms with Gasteiger partial charge in [0.05, 0.1) is 5.88 Å². The van der Waals surface area contributed by atoms with Gasteiger partial charge in [-0.2, -0.15) is 0 Å². The first-order valence-corrected chi connectivity index (χ1v) is 2.79. The number of hydrogen-bond donors (Lipinski definition) is 1. The molecule has 0 aromatic carbocycles. The lowest BCUT2D eigenvalue weighted by atomic mass is 10.7. The van der Waals surface area contributed by atoms with Crippen molar-refractivity contribution in [3.05, 3.63) is 0 Å². The molecule has 34 valence electrons. The molecule has 0 saturated carbocycles. The molecule has 0 unspecified atom stereocenters. The van der Waals surface area contributed by atoms with Crippen molar-refractivity contribution < 1.29 is 0 Å². The minimum atomic E-state index is 0.938. The van der Waals surface area contributed by atoms with Gasteiger partial charge in [0.25, 0.3) is 0 Å². The van der Waals surface area contributed by atoms with Crippen molar-refractivity contribution in [2.24, 2.45) is 4.40 Å². The Morgan fingerprint density at radius 3 is 3.00 bits per heavy atom. The van der Waals surface area contributed by atoms with E-state index in [-0.39, 0.29) is 0 Å². The lowest BCUT2D eigenvalue weighted by Gasteiger charge is -1.99. The molecule has 0 fully saturated rings. The molecule has 0 aromatic rings. The van der Waals surface area contributed by atoms with Crippen LogP contribution in [0.15, 0.2) is 4.40 Å². The summed E-state index contributed by atoms with van der Waals surface area (Å²) in [6.07, 6.45) is 1.87. The summed E-state index contributed by atoms with van der Waals surface area (Å²) in [7, 11) is 0. The number of nitrogens with one attached hydrogen (secondary N) is 1. The first kappa shape index (κ1) is 4.15. The Labute approximate surface area is 41.2 Å². The van der Waals surface area contributed by atoms with Crippen LogP contribution in [0.1, 0.15) is 0 Å². The predicted octanol–water partition coefficient (Wildman–Crippen LogP) is 0.266. The van der Waals surface area contributed by atoms with E-state index in [0.717, 1.165) is 12.4 Å². The lowest BCUT2D eigenvalue weighted by Crippen LogP contribution is -2.17. The highest BCUT2D eigenvalue weighted by molar-refractivity contribution is 7.98. The average Bonchev–Trinajstić information content (AvgIpc) is 1.72. The highest BCUT2D eigenvalue weighted by atomic mass is 32.2. The molecule has 2 nitrogen and oxygen atoms in total. The molecule has 6 heavy (non-hydrogen) atoms. The van der Waals surface area contributed by atoms with Gasteiger partial charge in [0, 0.05) is 12.8 Å². The molecule has 0 aliphatic carbocycles. The van der Waals surface area contributed by atoms with Gasteiger partial charge in [0.2, 0.25) is 0 Å². The van der Waals surface area contributed by atoms with E-state index in [1.54, 1.807) is 11.9 Å². The Balaban J connectivity index is 2.26. The van der Waals surface area contributed by atoms with Crippen LogP contribution in [0.4, 0.5) is 0 Å². The molecule has 1 N–H and O–H groups in total. The van der Waals surface area contributed by atoms with Crippen LogP contribution >= 0.6 is 11.9 Å². The molecule has 0 saturated heterocycles. The zero-order valence-electron chi connectivity index (χ0n) is 3.35. The molecule has 0 aromatic heterocycles. The molecule has 0 radical (unpaired) electrons. The third kappa shape index (κ3) is 0.988. The van der Waals surface area contributed by atoms with Crippen LogP contribution in [0.3, 0.4) is 0 Å². The third-order valence-corrected chi connectivity index (χ3v) is 1.18. The molecule has 0 amide bonds. The van der Waals surface area contributed by atoms with Crippen molar-refractivity contribution in [3.63, 3.8) is 0 Å². The maximum atomic E-state index is 3.91. The van der Waals surface area contributed by atoms with Crippen LogP contribution in [0.25, 0.3) is 0 Å². The SMILES string of the molecule is C1=NSCNC1. The van der Waals surface area contributed by atoms with E-state index in [9.17, 15) is 0 Å². The Morgan fingerprint density at radius 1 is 1.83 bits per heavy atom. The van der Waals surface area contributed by atoms with Gasteiger partial charge in [-0.1, -0.05) is 0 Å². The fourth-order valence-electron chi connectivity index (χ4n) is 0.296. The fraction of sp³-hybridized carbons (Fsp3) is 0.667. The Kier molecular flexibility index (Phi) is 1.52. The van der Waals surface area contributed by atoms with Gasteiger partial charge in [-0.25, -0.2) is 4.40 Å². The average molecular weight is 102 g/mol. The second-order valence-electron chi connectivity index (χ2n) is 1.02. The monoisotopic (exact) mass is 102 g/mol. The second kappa shape index (κ2) is 2.21. The van der Waals surface area contributed by atoms with Gasteiger partial charge in [-0.3, -0.25) is 0 Å². The highest BCUT2D eigenvalue weighted by Gasteiger charge is 1.86. The molecule has 0 atom stereocenters. The molecule has 0 bridgehead atoms. The van der Waals surface area contributed by atoms with Crippen LogP contribution in [-0.2, 0) is 0 Å². The summed E-state index contributed by atoms with van der Waals surface area (Å²) < 4.78 is 3.91. The smallest absolute Gasteiger partial charge is 0.0643 e. The van der Waals surface area contributed by atoms with Crippen molar-refractivity contribution >= 4 is 18.2 Å². The normalized spacial score (nSPS) is 21.3. The van der Waals surface area contributed by atoms with Gasteiger partial charge in [0.15, 0.2) is 0 Å². The molecule has 1 aliphatic heterocycles. The van der Waals surface area contributed by atoms with Crippen LogP contribution in [0.5, 0.6) is 0 Å². The van der Waals surface area contributed by atoms with E-state index in [0.29, 0.717) is 0 Å². The molecule has 1 aliphatic rings. The summed E-state index contributed by atoms with van der Waals surface area (Å²) in [4.78, 5) is 0. The van der Waals surface area contributed by atoms with Crippen molar-refractivity contribution in [2.75, 3.05) is 12.4 Å². The highest BCUT2D eigenvalue weighted by Crippen LogP contribution is 1.98. The van der Waals surface area contributed by atoms with Crippen LogP contribution in [-0.4, -0.2) is 18.6 Å². The van der Waals surface area contributed by atoms with E-state index >= 15 is 0 Å². The maximum absolute atomic E-state index is 3.91. The Bertz CT molecular complexity index is 53.8. The Hall–Kier alpha value is -0.0200. The minimum absolute atomic E-state index is 0.938. The molecule has 3 heteroatoms. The quantitative estimate of drug-likeness (QED) is 0.444. The zero-order chi connectivity index (χ0) is 4.24. The molecular formula is C3H6N2S. The van der Waals surface area contributed by atoms with Gasteiger partial charge < -0.3 is 5.32 Å². The van der Waals surface area contributed by atoms with Gasteiger partial charge in [0.1, 0.15) is 0 Å². The summed E-state index contributed by atoms with van der Waals surface area (Å²) in [6, 6.07) is 0. The van der Waals surface area contributed by atoms with Crippen LogP contribution < -0.4 is 5.32 Å². The van der Waals surface area contributed by atoms with E-state index in [1.165, 1.54) is 0 Å². The fourth-order valence-corrected chi connectivity index (χ4v) is 0.760. The minimum Gasteiger partial charge on any atom is -0.301 e. The van der Waals surface area contributed by atoms with Gasteiger partial charge in [-0.15, -0.1) is 0 Å². The number of rotatable bonds is 0. The molecule has 1 heterocycles. The standard InChI is InChI=1S/C3H6N2S/c1-2-5-6-3-4-1/h2,4H,1,3H2. The topological polar surface area (TPSA) is 24.4 Å². The van der Waals surface area contributed by atoms with Crippen molar-refractivity contribution in [1.29, 1.82) is 0 Å². The predicted molar refractivity (Wildman–Crippen MR) is 29.0 cm³/mol. The second-order valence-corrected chi connectivity index (χ2v) is 1.77. The lowest BCUT2D eigenvalue weighted by molar-refractivity contribution is 0.919. The molecule has 0 spiro atoms. The molecular weight excluding hydrogens is 96.1 g/mol. The third-order valence-electron chi connectivity index (χ3n) is 0.551. The van der Waals surface area contributed by atoms with Crippen molar-refractivity contribution in [1.82, 2.24) is 5.32 Å². The number of hydrogen-bond acceptors (Lipinski definition) is 3. The van der Waals surface area contributed by atoms with E-state index in [2.05, 4.69) is 9.71 Å². The maximum Gasteiger partial charge on any atom is 0.0643 e. The van der Waals surface area contributed by atoms with E-state index in [4.69, 9.17) is 0 Å². The van der Waals surface area contributed by atoms with Gasteiger partial charge in [-0.05, 0) is 11.9 Å². The zero-order valence-corrected chi connectivity index (χ0v) is 4.16. The summed E-state index contributed by atoms with van der Waals surface area (Å²) in [5.74, 6) is 0.969. The summed E-state index contributed by atoms with van der Waals surface area (Å²) in [5.41, 5.74) is 0. The Morgan fingerprint density at radius 2 is 2.83 bits per heavy atom. The van der Waals surface area contributed by atoms with Crippen molar-refractivity contribution in [2.45, 2.75) is 0 Å².